The number of nitrogens with zero attached hydrogens (tertiary/aromatic N) is 1. The van der Waals surface area contributed by atoms with E-state index in [-0.39, 0.29) is 5.41 Å². The molecule has 1 aliphatic carbocycles. The van der Waals surface area contributed by atoms with Crippen LogP contribution in [0.15, 0.2) is 261 Å². The minimum Gasteiger partial charge on any atom is -0.310 e. The third-order valence-corrected chi connectivity index (χ3v) is 14.9. The summed E-state index contributed by atoms with van der Waals surface area (Å²) in [6, 6.07) is 96.2. The molecule has 0 N–H and O–H groups in total. The van der Waals surface area contributed by atoms with Crippen LogP contribution < -0.4 is 4.90 Å². The fourth-order valence-electron chi connectivity index (χ4n) is 11.5. The van der Waals surface area contributed by atoms with Gasteiger partial charge in [0, 0.05) is 22.5 Å². The van der Waals surface area contributed by atoms with Gasteiger partial charge in [0.2, 0.25) is 0 Å². The van der Waals surface area contributed by atoms with E-state index in [0.717, 1.165) is 17.1 Å². The first kappa shape index (κ1) is 41.4. The predicted molar refractivity (Wildman–Crippen MR) is 298 cm³/mol. The Morgan fingerprint density at radius 3 is 1.27 bits per heavy atom. The van der Waals surface area contributed by atoms with Gasteiger partial charge in [-0.3, -0.25) is 0 Å². The maximum absolute atomic E-state index is 2.42. The number of benzene rings is 12. The van der Waals surface area contributed by atoms with Crippen LogP contribution >= 0.6 is 0 Å². The minimum atomic E-state index is -0.125. The first-order valence-electron chi connectivity index (χ1n) is 24.4. The van der Waals surface area contributed by atoms with E-state index in [1.54, 1.807) is 0 Å². The molecule has 330 valence electrons. The Hall–Kier alpha value is -8.78. The van der Waals surface area contributed by atoms with Gasteiger partial charge >= 0.3 is 0 Å². The number of fused-ring (bicyclic) bond motifs is 9. The Labute approximate surface area is 410 Å². The molecule has 0 saturated heterocycles. The SMILES string of the molecule is CC1(C)c2ccccc2-c2ccc(N(c3ccc(-c4ccccc4)cc3)c3ccc(-c4ccc5c6ccccc6c6ccccc6c5c4-c4ccc(-c5ccccc5-c5ccccc5)cc4)cc3)cc21. The van der Waals surface area contributed by atoms with E-state index in [9.17, 15) is 0 Å². The van der Waals surface area contributed by atoms with Gasteiger partial charge in [-0.05, 0) is 147 Å². The van der Waals surface area contributed by atoms with Crippen molar-refractivity contribution in [2.75, 3.05) is 4.90 Å². The van der Waals surface area contributed by atoms with Crippen LogP contribution in [0.5, 0.6) is 0 Å². The van der Waals surface area contributed by atoms with Crippen LogP contribution in [0.2, 0.25) is 0 Å². The van der Waals surface area contributed by atoms with Crippen molar-refractivity contribution in [3.63, 3.8) is 0 Å². The number of hydrogen-bond donors (Lipinski definition) is 0. The molecule has 1 heteroatoms. The molecule has 12 aromatic rings. The lowest BCUT2D eigenvalue weighted by Crippen LogP contribution is -2.16. The molecule has 0 amide bonds. The molecule has 0 bridgehead atoms. The summed E-state index contributed by atoms with van der Waals surface area (Å²) < 4.78 is 0. The molecule has 0 saturated carbocycles. The molecule has 0 atom stereocenters. The highest BCUT2D eigenvalue weighted by molar-refractivity contribution is 6.29. The van der Waals surface area contributed by atoms with Gasteiger partial charge in [-0.25, -0.2) is 0 Å². The van der Waals surface area contributed by atoms with E-state index in [1.807, 2.05) is 0 Å². The van der Waals surface area contributed by atoms with E-state index in [2.05, 4.69) is 280 Å². The second-order valence-electron chi connectivity index (χ2n) is 19.2. The summed E-state index contributed by atoms with van der Waals surface area (Å²) in [4.78, 5) is 2.42. The second-order valence-corrected chi connectivity index (χ2v) is 19.2. The van der Waals surface area contributed by atoms with Crippen LogP contribution in [0, 0.1) is 0 Å². The number of rotatable bonds is 8. The summed E-state index contributed by atoms with van der Waals surface area (Å²) in [6.07, 6.45) is 0. The van der Waals surface area contributed by atoms with Gasteiger partial charge in [-0.1, -0.05) is 238 Å². The summed E-state index contributed by atoms with van der Waals surface area (Å²) in [5.74, 6) is 0. The molecule has 0 fully saturated rings. The number of anilines is 3. The molecule has 0 aliphatic heterocycles. The molecule has 0 radical (unpaired) electrons. The van der Waals surface area contributed by atoms with Gasteiger partial charge in [0.05, 0.1) is 0 Å². The minimum absolute atomic E-state index is 0.125. The number of hydrogen-bond acceptors (Lipinski definition) is 1. The Morgan fingerprint density at radius 2 is 0.643 bits per heavy atom. The van der Waals surface area contributed by atoms with E-state index in [0.29, 0.717) is 0 Å². The molecule has 13 rings (SSSR count). The maximum atomic E-state index is 2.42. The van der Waals surface area contributed by atoms with E-state index < -0.39 is 0 Å². The molecule has 0 spiro atoms. The Kier molecular flexibility index (Phi) is 9.92. The molecule has 70 heavy (non-hydrogen) atoms. The second kappa shape index (κ2) is 16.8. The predicted octanol–water partition coefficient (Wildman–Crippen LogP) is 19.3. The quantitative estimate of drug-likeness (QED) is 0.137. The van der Waals surface area contributed by atoms with Crippen molar-refractivity contribution in [1.29, 1.82) is 0 Å². The summed E-state index contributed by atoms with van der Waals surface area (Å²) >= 11 is 0. The summed E-state index contributed by atoms with van der Waals surface area (Å²) in [5.41, 5.74) is 20.7. The third kappa shape index (κ3) is 6.85. The largest absolute Gasteiger partial charge is 0.310 e. The Bertz CT molecular complexity index is 3890. The zero-order chi connectivity index (χ0) is 46.8. The fourth-order valence-corrected chi connectivity index (χ4v) is 11.5. The van der Waals surface area contributed by atoms with Crippen molar-refractivity contribution >= 4 is 49.4 Å². The first-order chi connectivity index (χ1) is 34.5. The van der Waals surface area contributed by atoms with Gasteiger partial charge in [0.15, 0.2) is 0 Å². The van der Waals surface area contributed by atoms with Crippen LogP contribution in [0.3, 0.4) is 0 Å². The van der Waals surface area contributed by atoms with Gasteiger partial charge in [0.1, 0.15) is 0 Å². The lowest BCUT2D eigenvalue weighted by molar-refractivity contribution is 0.660. The lowest BCUT2D eigenvalue weighted by Gasteiger charge is -2.28. The fraction of sp³-hybridized carbons (Fsp3) is 0.0435. The monoisotopic (exact) mass is 891 g/mol. The third-order valence-electron chi connectivity index (χ3n) is 14.9. The molecule has 0 heterocycles. The van der Waals surface area contributed by atoms with E-state index >= 15 is 0 Å². The van der Waals surface area contributed by atoms with Crippen LogP contribution in [-0.2, 0) is 5.41 Å². The zero-order valence-corrected chi connectivity index (χ0v) is 39.3. The standard InChI is InChI=1S/C69H49N/c1-69(2)65-28-16-15-26-61(65)62-42-41-54(45-66(62)69)70(52-37-33-47(34-38-52)46-17-5-3-6-18-46)53-39-35-50(36-40-53)57-43-44-64-60-25-12-11-23-58(60)59-24-13-14-27-63(59)68(64)67(57)51-31-29-49(30-32-51)56-22-10-9-21-55(56)48-19-7-4-8-20-48/h3-45H,1-2H3. The van der Waals surface area contributed by atoms with Crippen LogP contribution in [-0.4, -0.2) is 0 Å². The van der Waals surface area contributed by atoms with Gasteiger partial charge in [-0.2, -0.15) is 0 Å². The van der Waals surface area contributed by atoms with Crippen molar-refractivity contribution < 1.29 is 0 Å². The zero-order valence-electron chi connectivity index (χ0n) is 39.3. The van der Waals surface area contributed by atoms with Crippen LogP contribution in [0.25, 0.3) is 99.1 Å². The first-order valence-corrected chi connectivity index (χ1v) is 24.4. The summed E-state index contributed by atoms with van der Waals surface area (Å²) in [6.45, 7) is 4.72. The van der Waals surface area contributed by atoms with E-state index in [1.165, 1.54) is 110 Å². The van der Waals surface area contributed by atoms with Crippen LogP contribution in [0.4, 0.5) is 17.1 Å². The topological polar surface area (TPSA) is 3.24 Å². The highest BCUT2D eigenvalue weighted by atomic mass is 15.1. The average molecular weight is 892 g/mol. The average Bonchev–Trinajstić information content (AvgIpc) is 3.66. The molecule has 1 nitrogen and oxygen atoms in total. The van der Waals surface area contributed by atoms with Gasteiger partial charge < -0.3 is 4.90 Å². The maximum Gasteiger partial charge on any atom is 0.0465 e. The molecular formula is C69H49N. The molecule has 0 aromatic heterocycles. The Balaban J connectivity index is 0.975. The molecule has 1 aliphatic rings. The lowest BCUT2D eigenvalue weighted by atomic mass is 9.82. The molecule has 0 unspecified atom stereocenters. The Morgan fingerprint density at radius 1 is 0.257 bits per heavy atom. The van der Waals surface area contributed by atoms with E-state index in [4.69, 9.17) is 0 Å². The molecule has 12 aromatic carbocycles. The summed E-state index contributed by atoms with van der Waals surface area (Å²) in [7, 11) is 0. The van der Waals surface area contributed by atoms with Crippen molar-refractivity contribution in [3.05, 3.63) is 272 Å². The van der Waals surface area contributed by atoms with Crippen molar-refractivity contribution in [3.8, 4) is 66.8 Å². The van der Waals surface area contributed by atoms with Crippen molar-refractivity contribution in [2.45, 2.75) is 19.3 Å². The van der Waals surface area contributed by atoms with Crippen molar-refractivity contribution in [2.24, 2.45) is 0 Å². The highest BCUT2D eigenvalue weighted by Crippen LogP contribution is 2.51. The summed E-state index contributed by atoms with van der Waals surface area (Å²) in [5, 5.41) is 7.60. The smallest absolute Gasteiger partial charge is 0.0465 e. The normalized spacial score (nSPS) is 12.5. The van der Waals surface area contributed by atoms with Gasteiger partial charge in [-0.15, -0.1) is 0 Å². The molecular weight excluding hydrogens is 843 g/mol. The van der Waals surface area contributed by atoms with Crippen LogP contribution in [0.1, 0.15) is 25.0 Å². The van der Waals surface area contributed by atoms with Gasteiger partial charge in [0.25, 0.3) is 0 Å². The highest BCUT2D eigenvalue weighted by Gasteiger charge is 2.35. The van der Waals surface area contributed by atoms with Crippen molar-refractivity contribution in [1.82, 2.24) is 0 Å².